The maximum Gasteiger partial charge on any atom is 0.328 e. The van der Waals surface area contributed by atoms with Crippen LogP contribution in [0, 0.1) is 11.6 Å². The number of amides is 1. The number of hydrogen-bond acceptors (Lipinski definition) is 9. The van der Waals surface area contributed by atoms with Crippen LogP contribution in [0.3, 0.4) is 0 Å². The number of benzene rings is 1. The first-order valence-corrected chi connectivity index (χ1v) is 10.5. The number of nitrogens with one attached hydrogen (secondary N) is 1. The molecule has 2 atom stereocenters. The molecule has 0 radical (unpaired) electrons. The van der Waals surface area contributed by atoms with Crippen LogP contribution in [0.1, 0.15) is 37.7 Å². The van der Waals surface area contributed by atoms with Crippen molar-refractivity contribution in [2.75, 3.05) is 20.5 Å². The normalized spacial score (nSPS) is 12.2. The fraction of sp³-hybridized carbons (Fsp3) is 0.391. The molecule has 35 heavy (non-hydrogen) atoms. The minimum absolute atomic E-state index is 0.00843. The van der Waals surface area contributed by atoms with Gasteiger partial charge >= 0.3 is 11.9 Å². The van der Waals surface area contributed by atoms with Crippen molar-refractivity contribution in [2.24, 2.45) is 0 Å². The quantitative estimate of drug-likeness (QED) is 0.349. The van der Waals surface area contributed by atoms with Gasteiger partial charge in [0.05, 0.1) is 13.7 Å². The minimum atomic E-state index is -1.06. The number of carbonyl (C=O) groups excluding carboxylic acids is 3. The smallest absolute Gasteiger partial charge is 0.328 e. The van der Waals surface area contributed by atoms with Crippen LogP contribution in [-0.4, -0.2) is 55.5 Å². The Morgan fingerprint density at radius 3 is 2.49 bits per heavy atom. The molecule has 0 saturated carbocycles. The number of nitrogens with zero attached hydrogens (tertiary/aromatic N) is 1. The van der Waals surface area contributed by atoms with Gasteiger partial charge in [-0.2, -0.15) is 0 Å². The van der Waals surface area contributed by atoms with E-state index >= 15 is 0 Å². The number of hydrogen-bond donors (Lipinski definition) is 1. The molecule has 0 aliphatic carbocycles. The molecule has 0 saturated heterocycles. The molecule has 190 valence electrons. The number of esters is 2. The summed E-state index contributed by atoms with van der Waals surface area (Å²) in [4.78, 5) is 40.0. The predicted octanol–water partition coefficient (Wildman–Crippen LogP) is 2.79. The number of ether oxygens (including phenoxy) is 5. The van der Waals surface area contributed by atoms with Crippen LogP contribution < -0.4 is 19.5 Å². The lowest BCUT2D eigenvalue weighted by Crippen LogP contribution is -2.41. The minimum Gasteiger partial charge on any atom is -0.493 e. The Bertz CT molecular complexity index is 1050. The van der Waals surface area contributed by atoms with Crippen molar-refractivity contribution in [3.63, 3.8) is 0 Å². The van der Waals surface area contributed by atoms with E-state index in [9.17, 15) is 23.2 Å². The van der Waals surface area contributed by atoms with Gasteiger partial charge in [0, 0.05) is 31.7 Å². The van der Waals surface area contributed by atoms with Gasteiger partial charge in [-0.3, -0.25) is 9.59 Å². The molecule has 2 rings (SSSR count). The zero-order valence-corrected chi connectivity index (χ0v) is 19.6. The Morgan fingerprint density at radius 1 is 1.09 bits per heavy atom. The summed E-state index contributed by atoms with van der Waals surface area (Å²) in [7, 11) is 1.35. The van der Waals surface area contributed by atoms with Gasteiger partial charge in [-0.15, -0.1) is 0 Å². The Hall–Kier alpha value is -3.96. The van der Waals surface area contributed by atoms with E-state index in [0.29, 0.717) is 6.07 Å². The Kier molecular flexibility index (Phi) is 10.2. The topological polar surface area (TPSA) is 122 Å². The monoisotopic (exact) mass is 496 g/mol. The van der Waals surface area contributed by atoms with Gasteiger partial charge in [-0.05, 0) is 26.0 Å². The SMILES string of the molecule is COc1ccnc(C(=O)N[C@@H](C)C(=O)O[C@@H](C)CCOc2ccc(F)cc2F)c1OCOC(C)=O. The largest absolute Gasteiger partial charge is 0.493 e. The first-order valence-electron chi connectivity index (χ1n) is 10.5. The van der Waals surface area contributed by atoms with E-state index < -0.39 is 48.4 Å². The van der Waals surface area contributed by atoms with Crippen LogP contribution in [-0.2, 0) is 19.1 Å². The third-order valence-electron chi connectivity index (χ3n) is 4.46. The summed E-state index contributed by atoms with van der Waals surface area (Å²) in [6.45, 7) is 3.74. The average molecular weight is 496 g/mol. The molecule has 1 heterocycles. The average Bonchev–Trinajstić information content (AvgIpc) is 2.80. The van der Waals surface area contributed by atoms with E-state index in [1.54, 1.807) is 6.92 Å². The molecule has 0 fully saturated rings. The molecule has 0 bridgehead atoms. The van der Waals surface area contributed by atoms with Crippen LogP contribution in [0.2, 0.25) is 0 Å². The summed E-state index contributed by atoms with van der Waals surface area (Å²) in [5.74, 6) is -3.67. The van der Waals surface area contributed by atoms with Gasteiger partial charge < -0.3 is 29.0 Å². The molecule has 0 aliphatic rings. The van der Waals surface area contributed by atoms with Crippen LogP contribution in [0.15, 0.2) is 30.5 Å². The van der Waals surface area contributed by atoms with Gasteiger partial charge in [0.1, 0.15) is 18.0 Å². The zero-order valence-electron chi connectivity index (χ0n) is 19.6. The lowest BCUT2D eigenvalue weighted by molar-refractivity contribution is -0.150. The highest BCUT2D eigenvalue weighted by molar-refractivity contribution is 5.98. The molecular formula is C23H26F2N2O8. The lowest BCUT2D eigenvalue weighted by Gasteiger charge is -2.19. The van der Waals surface area contributed by atoms with E-state index in [2.05, 4.69) is 10.3 Å². The molecule has 1 N–H and O–H groups in total. The summed E-state index contributed by atoms with van der Waals surface area (Å²) < 4.78 is 52.3. The Morgan fingerprint density at radius 2 is 1.83 bits per heavy atom. The predicted molar refractivity (Wildman–Crippen MR) is 117 cm³/mol. The third-order valence-corrected chi connectivity index (χ3v) is 4.46. The fourth-order valence-corrected chi connectivity index (χ4v) is 2.67. The summed E-state index contributed by atoms with van der Waals surface area (Å²) in [6, 6.07) is 3.31. The third kappa shape index (κ3) is 8.40. The maximum absolute atomic E-state index is 13.6. The van der Waals surface area contributed by atoms with E-state index in [-0.39, 0.29) is 36.0 Å². The van der Waals surface area contributed by atoms with Crippen molar-refractivity contribution in [1.82, 2.24) is 10.3 Å². The molecule has 0 aliphatic heterocycles. The fourth-order valence-electron chi connectivity index (χ4n) is 2.67. The number of rotatable bonds is 12. The van der Waals surface area contributed by atoms with E-state index in [4.69, 9.17) is 23.7 Å². The summed E-state index contributed by atoms with van der Waals surface area (Å²) in [5.41, 5.74) is -0.195. The Balaban J connectivity index is 1.90. The van der Waals surface area contributed by atoms with Crippen molar-refractivity contribution in [2.45, 2.75) is 39.3 Å². The highest BCUT2D eigenvalue weighted by atomic mass is 19.1. The van der Waals surface area contributed by atoms with Gasteiger partial charge in [0.25, 0.3) is 5.91 Å². The Labute approximate surface area is 200 Å². The van der Waals surface area contributed by atoms with Gasteiger partial charge in [-0.1, -0.05) is 0 Å². The second-order valence-electron chi connectivity index (χ2n) is 7.24. The van der Waals surface area contributed by atoms with Crippen LogP contribution in [0.25, 0.3) is 0 Å². The molecular weight excluding hydrogens is 470 g/mol. The molecule has 2 aromatic rings. The second-order valence-corrected chi connectivity index (χ2v) is 7.24. The highest BCUT2D eigenvalue weighted by Gasteiger charge is 2.25. The number of carbonyl (C=O) groups is 3. The van der Waals surface area contributed by atoms with Crippen molar-refractivity contribution < 1.29 is 46.8 Å². The van der Waals surface area contributed by atoms with E-state index in [0.717, 1.165) is 12.1 Å². The molecule has 0 spiro atoms. The van der Waals surface area contributed by atoms with E-state index in [1.165, 1.54) is 33.2 Å². The van der Waals surface area contributed by atoms with Gasteiger partial charge in [0.2, 0.25) is 6.79 Å². The molecule has 1 aromatic carbocycles. The number of methoxy groups -OCH3 is 1. The first-order chi connectivity index (χ1) is 16.6. The highest BCUT2D eigenvalue weighted by Crippen LogP contribution is 2.29. The zero-order chi connectivity index (χ0) is 26.0. The van der Waals surface area contributed by atoms with Crippen molar-refractivity contribution in [1.29, 1.82) is 0 Å². The number of halogens is 2. The number of aromatic nitrogens is 1. The summed E-state index contributed by atoms with van der Waals surface area (Å²) in [5, 5.41) is 2.45. The van der Waals surface area contributed by atoms with E-state index in [1.807, 2.05) is 0 Å². The molecule has 1 aromatic heterocycles. The summed E-state index contributed by atoms with van der Waals surface area (Å²) in [6.07, 6.45) is 0.902. The first kappa shape index (κ1) is 27.3. The van der Waals surface area contributed by atoms with Crippen LogP contribution >= 0.6 is 0 Å². The standard InChI is InChI=1S/C23H26F2N2O8/c1-13(8-10-32-18-6-5-16(24)11-17(18)25)35-23(30)14(2)27-22(29)20-21(34-12-33-15(3)28)19(31-4)7-9-26-20/h5-7,9,11,13-14H,8,10,12H2,1-4H3,(H,27,29)/t13-,14-/m0/s1. The molecule has 1 amide bonds. The number of pyridine rings is 1. The molecule has 0 unspecified atom stereocenters. The maximum atomic E-state index is 13.6. The molecule has 12 heteroatoms. The van der Waals surface area contributed by atoms with Gasteiger partial charge in [0.15, 0.2) is 28.8 Å². The van der Waals surface area contributed by atoms with Crippen LogP contribution in [0.4, 0.5) is 8.78 Å². The lowest BCUT2D eigenvalue weighted by atomic mass is 10.2. The van der Waals surface area contributed by atoms with Crippen molar-refractivity contribution in [3.05, 3.63) is 47.8 Å². The van der Waals surface area contributed by atoms with Crippen LogP contribution in [0.5, 0.6) is 17.2 Å². The molecule has 10 nitrogen and oxygen atoms in total. The second kappa shape index (κ2) is 13.1. The van der Waals surface area contributed by atoms with Crippen molar-refractivity contribution >= 4 is 17.8 Å². The summed E-state index contributed by atoms with van der Waals surface area (Å²) >= 11 is 0. The van der Waals surface area contributed by atoms with Gasteiger partial charge in [-0.25, -0.2) is 18.6 Å². The van der Waals surface area contributed by atoms with Crippen molar-refractivity contribution in [3.8, 4) is 17.2 Å².